The van der Waals surface area contributed by atoms with Crippen LogP contribution in [0.15, 0.2) is 198 Å². The summed E-state index contributed by atoms with van der Waals surface area (Å²) in [5.74, 6) is 1.19. The minimum atomic E-state index is -0.151. The molecule has 0 amide bonds. The lowest BCUT2D eigenvalue weighted by molar-refractivity contribution is 0.459. The van der Waals surface area contributed by atoms with Crippen LogP contribution in [0, 0.1) is 11.8 Å². The van der Waals surface area contributed by atoms with Crippen molar-refractivity contribution in [1.29, 1.82) is 0 Å². The molecule has 0 N–H and O–H groups in total. The van der Waals surface area contributed by atoms with E-state index in [1.165, 1.54) is 85.9 Å². The Labute approximate surface area is 366 Å². The summed E-state index contributed by atoms with van der Waals surface area (Å²) in [6.45, 7) is 6.83. The van der Waals surface area contributed by atoms with Gasteiger partial charge in [-0.1, -0.05) is 166 Å². The minimum absolute atomic E-state index is 0.151. The number of fused-ring (bicyclic) bond motifs is 8. The lowest BCUT2D eigenvalue weighted by atomic mass is 9.89. The average molecular weight is 818 g/mol. The van der Waals surface area contributed by atoms with Crippen LogP contribution in [-0.2, 0) is 0 Å². The quantitative estimate of drug-likeness (QED) is 0.108. The fourth-order valence-electron chi connectivity index (χ4n) is 9.54. The molecule has 0 aliphatic heterocycles. The Kier molecular flexibility index (Phi) is 9.74. The molecule has 2 heterocycles. The van der Waals surface area contributed by atoms with Gasteiger partial charge in [0.25, 0.3) is 0 Å². The van der Waals surface area contributed by atoms with Crippen molar-refractivity contribution in [3.05, 3.63) is 205 Å². The number of para-hydroxylation sites is 1. The van der Waals surface area contributed by atoms with Gasteiger partial charge < -0.3 is 4.57 Å². The largest absolute Gasteiger partial charge is 0.309 e. The van der Waals surface area contributed by atoms with Crippen LogP contribution >= 0.6 is 11.3 Å². The first kappa shape index (κ1) is 38.1. The second kappa shape index (κ2) is 15.9. The molecule has 1 aliphatic carbocycles. The predicted octanol–water partition coefficient (Wildman–Crippen LogP) is 16.1. The Morgan fingerprint density at radius 1 is 0.661 bits per heavy atom. The summed E-state index contributed by atoms with van der Waals surface area (Å²) in [7, 11) is 0. The number of hydrogen-bond donors (Lipinski definition) is 0. The van der Waals surface area contributed by atoms with Gasteiger partial charge in [0.15, 0.2) is 5.84 Å². The molecule has 8 aromatic carbocycles. The summed E-state index contributed by atoms with van der Waals surface area (Å²) >= 11 is 1.88. The normalized spacial score (nSPS) is 15.9. The van der Waals surface area contributed by atoms with Gasteiger partial charge in [-0.3, -0.25) is 4.99 Å². The molecule has 3 unspecified atom stereocenters. The van der Waals surface area contributed by atoms with Gasteiger partial charge >= 0.3 is 0 Å². The molecule has 300 valence electrons. The van der Waals surface area contributed by atoms with Crippen LogP contribution in [0.1, 0.15) is 56.3 Å². The third-order valence-electron chi connectivity index (χ3n) is 13.0. The maximum absolute atomic E-state index is 5.84. The van der Waals surface area contributed by atoms with E-state index in [9.17, 15) is 0 Å². The molecule has 3 atom stereocenters. The highest BCUT2D eigenvalue weighted by Crippen LogP contribution is 2.44. The zero-order chi connectivity index (χ0) is 41.7. The molecule has 10 aromatic rings. The Bertz CT molecular complexity index is 3470. The Morgan fingerprint density at radius 2 is 1.35 bits per heavy atom. The average Bonchev–Trinajstić information content (AvgIpc) is 3.87. The van der Waals surface area contributed by atoms with Gasteiger partial charge in [0, 0.05) is 48.1 Å². The first-order valence-electron chi connectivity index (χ1n) is 21.9. The molecule has 0 radical (unpaired) electrons. The van der Waals surface area contributed by atoms with Crippen molar-refractivity contribution in [3.63, 3.8) is 0 Å². The van der Waals surface area contributed by atoms with Gasteiger partial charge in [0.1, 0.15) is 0 Å². The summed E-state index contributed by atoms with van der Waals surface area (Å²) in [6, 6.07) is 62.0. The summed E-state index contributed by atoms with van der Waals surface area (Å²) < 4.78 is 5.09. The number of hydrogen-bond acceptors (Lipinski definition) is 2. The summed E-state index contributed by atoms with van der Waals surface area (Å²) in [6.07, 6.45) is 8.80. The van der Waals surface area contributed by atoms with E-state index in [1.807, 2.05) is 11.3 Å². The van der Waals surface area contributed by atoms with E-state index in [-0.39, 0.29) is 17.9 Å². The van der Waals surface area contributed by atoms with Crippen LogP contribution in [0.25, 0.3) is 74.8 Å². The number of nitrogens with zero attached hydrogens (tertiary/aromatic N) is 3. The van der Waals surface area contributed by atoms with E-state index in [4.69, 9.17) is 9.98 Å². The molecule has 62 heavy (non-hydrogen) atoms. The highest BCUT2D eigenvalue weighted by atomic mass is 32.1. The number of thiophene rings is 1. The molecule has 11 rings (SSSR count). The van der Waals surface area contributed by atoms with Crippen LogP contribution < -0.4 is 0 Å². The maximum Gasteiger partial charge on any atom is 0.155 e. The smallest absolute Gasteiger partial charge is 0.155 e. The number of aromatic nitrogens is 1. The van der Waals surface area contributed by atoms with Crippen molar-refractivity contribution >= 4 is 92.0 Å². The van der Waals surface area contributed by atoms with Gasteiger partial charge in [-0.25, -0.2) is 4.99 Å². The highest BCUT2D eigenvalue weighted by Gasteiger charge is 2.25. The molecule has 1 aliphatic rings. The molecule has 3 nitrogen and oxygen atoms in total. The van der Waals surface area contributed by atoms with Crippen LogP contribution in [0.5, 0.6) is 0 Å². The van der Waals surface area contributed by atoms with Crippen molar-refractivity contribution in [3.8, 4) is 5.69 Å². The van der Waals surface area contributed by atoms with Crippen LogP contribution in [0.2, 0.25) is 0 Å². The SMILES string of the molecule is CCC(C)C(/N=C(\N=C(/C)C1C=C(c2ccccc2)C=CC1)c1ccc2ccccc2c1)c1cc(-n2c3ccccc3c3cc4ccccc4cc32)c2c(c1)sc1ccccc12. The topological polar surface area (TPSA) is 29.6 Å². The zero-order valence-corrected chi connectivity index (χ0v) is 36.1. The van der Waals surface area contributed by atoms with Gasteiger partial charge in [0.2, 0.25) is 0 Å². The van der Waals surface area contributed by atoms with E-state index < -0.39 is 0 Å². The number of rotatable bonds is 8. The number of benzene rings is 8. The van der Waals surface area contributed by atoms with Crippen molar-refractivity contribution in [2.45, 2.75) is 39.7 Å². The number of amidine groups is 1. The summed E-state index contributed by atoms with van der Waals surface area (Å²) in [5, 5.41) is 9.97. The summed E-state index contributed by atoms with van der Waals surface area (Å²) in [4.78, 5) is 11.4. The standard InChI is InChI=1S/C58H47N3S/c1-4-37(2)57(60-58(46-30-29-40-19-8-9-20-42(40)32-46)59-38(3)41-23-16-24-43(31-41)39-17-6-5-7-18-39)47-35-53(56-49-26-13-15-28-54(49)62-55(56)36-47)61-51-27-14-12-25-48(51)50-33-44-21-10-11-22-45(44)34-52(50)61/h5-22,24-37,41,57H,4,23H2,1-3H3/b59-38+,60-58-. The molecule has 0 fully saturated rings. The zero-order valence-electron chi connectivity index (χ0n) is 35.3. The first-order valence-corrected chi connectivity index (χ1v) is 22.8. The third kappa shape index (κ3) is 6.76. The molecule has 4 heteroatoms. The van der Waals surface area contributed by atoms with E-state index in [0.717, 1.165) is 30.0 Å². The van der Waals surface area contributed by atoms with Crippen molar-refractivity contribution in [2.24, 2.45) is 21.8 Å². The highest BCUT2D eigenvalue weighted by molar-refractivity contribution is 7.25. The second-order valence-electron chi connectivity index (χ2n) is 16.9. The molecule has 2 aromatic heterocycles. The van der Waals surface area contributed by atoms with E-state index in [0.29, 0.717) is 0 Å². The molecular formula is C58H47N3S. The number of allylic oxidation sites excluding steroid dienone is 4. The van der Waals surface area contributed by atoms with Gasteiger partial charge in [-0.05, 0) is 100.0 Å². The molecule has 0 spiro atoms. The van der Waals surface area contributed by atoms with Gasteiger partial charge in [-0.2, -0.15) is 0 Å². The van der Waals surface area contributed by atoms with Crippen molar-refractivity contribution in [2.75, 3.05) is 0 Å². The predicted molar refractivity (Wildman–Crippen MR) is 269 cm³/mol. The summed E-state index contributed by atoms with van der Waals surface area (Å²) in [5.41, 5.74) is 9.38. The van der Waals surface area contributed by atoms with E-state index in [1.54, 1.807) is 0 Å². The lowest BCUT2D eigenvalue weighted by Gasteiger charge is -2.23. The fourth-order valence-corrected chi connectivity index (χ4v) is 10.7. The van der Waals surface area contributed by atoms with Crippen LogP contribution in [0.3, 0.4) is 0 Å². The molecular weight excluding hydrogens is 771 g/mol. The first-order chi connectivity index (χ1) is 30.5. The minimum Gasteiger partial charge on any atom is -0.309 e. The third-order valence-corrected chi connectivity index (χ3v) is 14.2. The van der Waals surface area contributed by atoms with Crippen LogP contribution in [-0.4, -0.2) is 16.1 Å². The Balaban J connectivity index is 1.15. The molecule has 0 saturated carbocycles. The fraction of sp³-hybridized carbons (Fsp3) is 0.138. The Hall–Kier alpha value is -6.88. The van der Waals surface area contributed by atoms with Crippen molar-refractivity contribution in [1.82, 2.24) is 4.57 Å². The monoisotopic (exact) mass is 817 g/mol. The Morgan fingerprint density at radius 3 is 2.16 bits per heavy atom. The lowest BCUT2D eigenvalue weighted by Crippen LogP contribution is -2.15. The second-order valence-corrected chi connectivity index (χ2v) is 18.0. The van der Waals surface area contributed by atoms with Gasteiger partial charge in [-0.15, -0.1) is 11.3 Å². The van der Waals surface area contributed by atoms with Crippen molar-refractivity contribution < 1.29 is 0 Å². The van der Waals surface area contributed by atoms with E-state index in [2.05, 4.69) is 213 Å². The molecule has 0 bridgehead atoms. The maximum atomic E-state index is 5.84. The van der Waals surface area contributed by atoms with Gasteiger partial charge in [0.05, 0.1) is 22.8 Å². The molecule has 0 saturated heterocycles. The van der Waals surface area contributed by atoms with Crippen LogP contribution in [0.4, 0.5) is 0 Å². The number of aliphatic imine (C=N–C) groups is 2. The van der Waals surface area contributed by atoms with E-state index >= 15 is 0 Å².